The van der Waals surface area contributed by atoms with Gasteiger partial charge in [0.1, 0.15) is 0 Å². The Balaban J connectivity index is 2.10. The molecular formula is C21H28O2Si. The standard InChI is InChI=1S/C21H28O2Si/c1-20(2,3)24(18-10-6-4-7-11-18,19-12-8-5-9-13-19)23-17-21(16-22)14-15-21/h4-13,22H,14-17H2,1-3H3. The Morgan fingerprint density at radius 3 is 1.71 bits per heavy atom. The molecule has 0 spiro atoms. The van der Waals surface area contributed by atoms with Crippen molar-refractivity contribution in [2.75, 3.05) is 13.2 Å². The number of hydrogen-bond donors (Lipinski definition) is 1. The van der Waals surface area contributed by atoms with Crippen LogP contribution in [-0.2, 0) is 4.43 Å². The second-order valence-electron chi connectivity index (χ2n) is 8.11. The van der Waals surface area contributed by atoms with E-state index in [4.69, 9.17) is 4.43 Å². The Morgan fingerprint density at radius 1 is 0.917 bits per heavy atom. The van der Waals surface area contributed by atoms with Crippen molar-refractivity contribution in [2.24, 2.45) is 5.41 Å². The highest BCUT2D eigenvalue weighted by Gasteiger charge is 2.53. The molecule has 0 bridgehead atoms. The largest absolute Gasteiger partial charge is 0.407 e. The molecule has 0 radical (unpaired) electrons. The Morgan fingerprint density at radius 2 is 1.38 bits per heavy atom. The number of hydrogen-bond acceptors (Lipinski definition) is 2. The SMILES string of the molecule is CC(C)(C)[Si](OCC1(CO)CC1)(c1ccccc1)c1ccccc1. The molecule has 0 amide bonds. The van der Waals surface area contributed by atoms with Crippen LogP contribution in [0.1, 0.15) is 33.6 Å². The van der Waals surface area contributed by atoms with Gasteiger partial charge in [0.15, 0.2) is 0 Å². The first-order valence-corrected chi connectivity index (χ1v) is 10.7. The van der Waals surface area contributed by atoms with Gasteiger partial charge >= 0.3 is 0 Å². The van der Waals surface area contributed by atoms with Crippen LogP contribution in [0.3, 0.4) is 0 Å². The third kappa shape index (κ3) is 3.08. The third-order valence-electron chi connectivity index (χ3n) is 5.30. The fourth-order valence-electron chi connectivity index (χ4n) is 3.55. The number of aliphatic hydroxyl groups is 1. The first kappa shape index (κ1) is 17.4. The molecule has 0 aliphatic heterocycles. The van der Waals surface area contributed by atoms with Gasteiger partial charge in [-0.25, -0.2) is 0 Å². The van der Waals surface area contributed by atoms with Crippen molar-refractivity contribution in [2.45, 2.75) is 38.7 Å². The van der Waals surface area contributed by atoms with Crippen LogP contribution in [0, 0.1) is 5.41 Å². The highest BCUT2D eigenvalue weighted by atomic mass is 28.4. The van der Waals surface area contributed by atoms with Crippen molar-refractivity contribution in [3.63, 3.8) is 0 Å². The monoisotopic (exact) mass is 340 g/mol. The lowest BCUT2D eigenvalue weighted by Crippen LogP contribution is -2.67. The minimum atomic E-state index is -2.45. The summed E-state index contributed by atoms with van der Waals surface area (Å²) in [6.07, 6.45) is 2.14. The Kier molecular flexibility index (Phi) is 4.69. The summed E-state index contributed by atoms with van der Waals surface area (Å²) in [6, 6.07) is 21.4. The second-order valence-corrected chi connectivity index (χ2v) is 12.4. The predicted molar refractivity (Wildman–Crippen MR) is 102 cm³/mol. The smallest absolute Gasteiger partial charge is 0.261 e. The lowest BCUT2D eigenvalue weighted by molar-refractivity contribution is 0.141. The molecule has 3 rings (SSSR count). The summed E-state index contributed by atoms with van der Waals surface area (Å²) in [5, 5.41) is 12.3. The van der Waals surface area contributed by atoms with E-state index in [9.17, 15) is 5.11 Å². The summed E-state index contributed by atoms with van der Waals surface area (Å²) >= 11 is 0. The van der Waals surface area contributed by atoms with E-state index in [-0.39, 0.29) is 17.1 Å². The van der Waals surface area contributed by atoms with Crippen LogP contribution >= 0.6 is 0 Å². The van der Waals surface area contributed by atoms with E-state index in [1.165, 1.54) is 10.4 Å². The lowest BCUT2D eigenvalue weighted by atomic mass is 10.1. The molecule has 0 heterocycles. The molecule has 128 valence electrons. The summed E-state index contributed by atoms with van der Waals surface area (Å²) in [7, 11) is -2.45. The third-order valence-corrected chi connectivity index (χ3v) is 10.3. The van der Waals surface area contributed by atoms with Gasteiger partial charge in [-0.3, -0.25) is 0 Å². The van der Waals surface area contributed by atoms with Gasteiger partial charge in [0.25, 0.3) is 8.32 Å². The molecule has 1 aliphatic carbocycles. The van der Waals surface area contributed by atoms with Crippen molar-refractivity contribution in [3.05, 3.63) is 60.7 Å². The van der Waals surface area contributed by atoms with Crippen LogP contribution in [0.4, 0.5) is 0 Å². The average molecular weight is 341 g/mol. The zero-order chi connectivity index (χ0) is 17.3. The molecule has 1 aliphatic rings. The molecule has 0 atom stereocenters. The Labute approximate surface area is 146 Å². The zero-order valence-electron chi connectivity index (χ0n) is 15.0. The Hall–Kier alpha value is -1.42. The molecule has 1 saturated carbocycles. The van der Waals surface area contributed by atoms with Crippen LogP contribution in [0.25, 0.3) is 0 Å². The van der Waals surface area contributed by atoms with E-state index in [2.05, 4.69) is 81.4 Å². The fourth-order valence-corrected chi connectivity index (χ4v) is 8.23. The van der Waals surface area contributed by atoms with Gasteiger partial charge in [-0.2, -0.15) is 0 Å². The van der Waals surface area contributed by atoms with E-state index in [0.717, 1.165) is 12.8 Å². The molecule has 0 aromatic heterocycles. The highest BCUT2D eigenvalue weighted by Crippen LogP contribution is 2.47. The maximum absolute atomic E-state index is 9.73. The van der Waals surface area contributed by atoms with Crippen LogP contribution in [-0.4, -0.2) is 26.6 Å². The van der Waals surface area contributed by atoms with E-state index in [1.54, 1.807) is 0 Å². The van der Waals surface area contributed by atoms with E-state index in [0.29, 0.717) is 6.61 Å². The van der Waals surface area contributed by atoms with E-state index < -0.39 is 8.32 Å². The summed E-state index contributed by atoms with van der Waals surface area (Å²) in [4.78, 5) is 0. The molecule has 1 fully saturated rings. The lowest BCUT2D eigenvalue weighted by Gasteiger charge is -2.43. The van der Waals surface area contributed by atoms with Gasteiger partial charge in [0, 0.05) is 12.0 Å². The van der Waals surface area contributed by atoms with Crippen LogP contribution in [0.5, 0.6) is 0 Å². The normalized spacial score (nSPS) is 16.8. The maximum Gasteiger partial charge on any atom is 0.261 e. The molecule has 2 nitrogen and oxygen atoms in total. The summed E-state index contributed by atoms with van der Waals surface area (Å²) in [5.41, 5.74) is -0.00688. The maximum atomic E-state index is 9.73. The quantitative estimate of drug-likeness (QED) is 0.817. The van der Waals surface area contributed by atoms with E-state index >= 15 is 0 Å². The fraction of sp³-hybridized carbons (Fsp3) is 0.429. The zero-order valence-corrected chi connectivity index (χ0v) is 16.0. The Bertz CT molecular complexity index is 618. The van der Waals surface area contributed by atoms with Crippen molar-refractivity contribution in [1.82, 2.24) is 0 Å². The van der Waals surface area contributed by atoms with Crippen molar-refractivity contribution in [3.8, 4) is 0 Å². The van der Waals surface area contributed by atoms with Crippen LogP contribution in [0.2, 0.25) is 5.04 Å². The highest BCUT2D eigenvalue weighted by molar-refractivity contribution is 6.99. The molecule has 2 aromatic carbocycles. The molecule has 0 unspecified atom stereocenters. The number of aliphatic hydroxyl groups excluding tert-OH is 1. The van der Waals surface area contributed by atoms with Gasteiger partial charge in [-0.05, 0) is 28.3 Å². The van der Waals surface area contributed by atoms with Crippen LogP contribution in [0.15, 0.2) is 60.7 Å². The molecule has 3 heteroatoms. The number of rotatable bonds is 6. The van der Waals surface area contributed by atoms with Crippen molar-refractivity contribution in [1.29, 1.82) is 0 Å². The molecule has 24 heavy (non-hydrogen) atoms. The first-order chi connectivity index (χ1) is 11.4. The summed E-state index contributed by atoms with van der Waals surface area (Å²) in [5.74, 6) is 0. The average Bonchev–Trinajstić information content (AvgIpc) is 3.37. The van der Waals surface area contributed by atoms with Gasteiger partial charge < -0.3 is 9.53 Å². The number of benzene rings is 2. The van der Waals surface area contributed by atoms with Gasteiger partial charge in [-0.15, -0.1) is 0 Å². The molecule has 1 N–H and O–H groups in total. The second kappa shape index (κ2) is 6.47. The van der Waals surface area contributed by atoms with Crippen LogP contribution < -0.4 is 10.4 Å². The van der Waals surface area contributed by atoms with E-state index in [1.807, 2.05) is 0 Å². The first-order valence-electron chi connectivity index (χ1n) is 8.79. The van der Waals surface area contributed by atoms with Gasteiger partial charge in [-0.1, -0.05) is 81.4 Å². The van der Waals surface area contributed by atoms with Gasteiger partial charge in [0.2, 0.25) is 0 Å². The minimum absolute atomic E-state index is 0.00123. The summed E-state index contributed by atoms with van der Waals surface area (Å²) < 4.78 is 6.86. The van der Waals surface area contributed by atoms with Crippen molar-refractivity contribution < 1.29 is 9.53 Å². The summed E-state index contributed by atoms with van der Waals surface area (Å²) in [6.45, 7) is 7.75. The van der Waals surface area contributed by atoms with Crippen molar-refractivity contribution >= 4 is 18.7 Å². The molecular weight excluding hydrogens is 312 g/mol. The topological polar surface area (TPSA) is 29.5 Å². The predicted octanol–water partition coefficient (Wildman–Crippen LogP) is 3.34. The molecule has 0 saturated heterocycles. The van der Waals surface area contributed by atoms with Gasteiger partial charge in [0.05, 0.1) is 6.61 Å². The molecule has 2 aromatic rings. The minimum Gasteiger partial charge on any atom is -0.407 e.